The van der Waals surface area contributed by atoms with E-state index in [0.29, 0.717) is 23.4 Å². The third-order valence-corrected chi connectivity index (χ3v) is 6.82. The highest BCUT2D eigenvalue weighted by atomic mass is 32.2. The number of benzene rings is 2. The molecule has 0 amide bonds. The molecule has 30 heavy (non-hydrogen) atoms. The van der Waals surface area contributed by atoms with Gasteiger partial charge in [0.05, 0.1) is 34.1 Å². The lowest BCUT2D eigenvalue weighted by Crippen LogP contribution is -2.37. The smallest absolute Gasteiger partial charge is 0.277 e. The first kappa shape index (κ1) is 20.3. The van der Waals surface area contributed by atoms with Crippen LogP contribution in [0.4, 0.5) is 27.6 Å². The maximum Gasteiger partial charge on any atom is 0.416 e. The highest BCUT2D eigenvalue weighted by Gasteiger charge is 2.40. The lowest BCUT2D eigenvalue weighted by atomic mass is 9.94. The van der Waals surface area contributed by atoms with Gasteiger partial charge in [0.1, 0.15) is 0 Å². The van der Waals surface area contributed by atoms with Crippen molar-refractivity contribution in [1.29, 1.82) is 0 Å². The molecule has 0 aliphatic carbocycles. The number of alkyl halides is 3. The summed E-state index contributed by atoms with van der Waals surface area (Å²) in [6, 6.07) is 3.82. The van der Waals surface area contributed by atoms with Gasteiger partial charge in [-0.05, 0) is 36.8 Å². The van der Waals surface area contributed by atoms with E-state index in [1.807, 2.05) is 0 Å². The third-order valence-electron chi connectivity index (χ3n) is 4.98. The number of hydrogen-bond donors (Lipinski definition) is 1. The Morgan fingerprint density at radius 2 is 1.73 bits per heavy atom. The number of fused-ring (bicyclic) bond motifs is 3. The molecule has 0 spiro atoms. The minimum Gasteiger partial charge on any atom is -0.277 e. The Labute approximate surface area is 168 Å². The van der Waals surface area contributed by atoms with Crippen LogP contribution in [-0.2, 0) is 16.2 Å². The fourth-order valence-corrected chi connectivity index (χ4v) is 5.30. The van der Waals surface area contributed by atoms with Crippen LogP contribution in [-0.4, -0.2) is 18.6 Å². The molecule has 0 radical (unpaired) electrons. The summed E-state index contributed by atoms with van der Waals surface area (Å²) in [6.45, 7) is 1.70. The van der Waals surface area contributed by atoms with Crippen LogP contribution in [0.25, 0.3) is 11.3 Å². The first-order valence-corrected chi connectivity index (χ1v) is 10.2. The third kappa shape index (κ3) is 3.04. The second-order valence-electron chi connectivity index (χ2n) is 6.73. The van der Waals surface area contributed by atoms with Gasteiger partial charge in [0.25, 0.3) is 10.0 Å². The lowest BCUT2D eigenvalue weighted by Gasteiger charge is -2.37. The van der Waals surface area contributed by atoms with Crippen molar-refractivity contribution in [2.24, 2.45) is 0 Å². The van der Waals surface area contributed by atoms with Gasteiger partial charge in [-0.3, -0.25) is 9.40 Å². The minimum absolute atomic E-state index is 0.0848. The molecule has 1 aliphatic rings. The average Bonchev–Trinajstić information content (AvgIpc) is 3.17. The van der Waals surface area contributed by atoms with E-state index in [2.05, 4.69) is 10.2 Å². The van der Waals surface area contributed by atoms with Crippen LogP contribution in [0.2, 0.25) is 0 Å². The summed E-state index contributed by atoms with van der Waals surface area (Å²) in [4.78, 5) is -0.406. The Balaban J connectivity index is 1.92. The molecule has 5 nitrogen and oxygen atoms in total. The molecule has 0 fully saturated rings. The molecule has 4 rings (SSSR count). The molecular formula is C19H14F5N3O2S. The summed E-state index contributed by atoms with van der Waals surface area (Å²) in [5.74, 6) is -2.42. The standard InChI is InChI=1S/C19H14F5N3O2S/c1-2-16-13-9-25-26-18(13)12-7-14(20)15(21)8-17(12)27(16)30(28,29)11-5-3-10(4-6-11)19(22,23)24/h3-9,16H,2H2,1H3,(H,25,26). The number of halogens is 5. The molecule has 1 aromatic heterocycles. The maximum absolute atomic E-state index is 14.0. The predicted octanol–water partition coefficient (Wildman–Crippen LogP) is 5.03. The highest BCUT2D eigenvalue weighted by Crippen LogP contribution is 2.48. The van der Waals surface area contributed by atoms with Crippen molar-refractivity contribution >= 4 is 15.7 Å². The van der Waals surface area contributed by atoms with Crippen molar-refractivity contribution < 1.29 is 30.4 Å². The molecule has 1 N–H and O–H groups in total. The molecule has 1 aliphatic heterocycles. The first-order chi connectivity index (χ1) is 14.1. The number of rotatable bonds is 3. The number of aromatic amines is 1. The molecule has 0 saturated carbocycles. The summed E-state index contributed by atoms with van der Waals surface area (Å²) in [6.07, 6.45) is -2.98. The van der Waals surface area contributed by atoms with E-state index in [9.17, 15) is 30.4 Å². The second kappa shape index (κ2) is 6.79. The summed E-state index contributed by atoms with van der Waals surface area (Å²) in [5.41, 5.74) is -0.238. The summed E-state index contributed by atoms with van der Waals surface area (Å²) >= 11 is 0. The van der Waals surface area contributed by atoms with Crippen LogP contribution in [0.1, 0.15) is 30.5 Å². The van der Waals surface area contributed by atoms with Crippen molar-refractivity contribution in [2.75, 3.05) is 4.31 Å². The Kier molecular flexibility index (Phi) is 4.60. The number of nitrogens with one attached hydrogen (secondary N) is 1. The number of anilines is 1. The zero-order valence-electron chi connectivity index (χ0n) is 15.3. The van der Waals surface area contributed by atoms with Crippen LogP contribution in [0.15, 0.2) is 47.5 Å². The van der Waals surface area contributed by atoms with E-state index in [-0.39, 0.29) is 17.7 Å². The number of sulfonamides is 1. The van der Waals surface area contributed by atoms with Crippen molar-refractivity contribution in [1.82, 2.24) is 10.2 Å². The Hall–Kier alpha value is -2.95. The summed E-state index contributed by atoms with van der Waals surface area (Å²) < 4.78 is 94.2. The van der Waals surface area contributed by atoms with Gasteiger partial charge in [-0.2, -0.15) is 18.3 Å². The number of H-pyrrole nitrogens is 1. The van der Waals surface area contributed by atoms with Crippen molar-refractivity contribution in [3.05, 3.63) is 65.4 Å². The zero-order chi connectivity index (χ0) is 21.8. The maximum atomic E-state index is 14.0. The molecule has 3 aromatic rings. The molecule has 11 heteroatoms. The van der Waals surface area contributed by atoms with Gasteiger partial charge in [-0.15, -0.1) is 0 Å². The second-order valence-corrected chi connectivity index (χ2v) is 8.55. The van der Waals surface area contributed by atoms with Gasteiger partial charge >= 0.3 is 6.18 Å². The SMILES string of the molecule is CCC1c2cn[nH]c2-c2cc(F)c(F)cc2N1S(=O)(=O)c1ccc(C(F)(F)F)cc1. The van der Waals surface area contributed by atoms with Crippen LogP contribution < -0.4 is 4.31 Å². The molecule has 0 saturated heterocycles. The summed E-state index contributed by atoms with van der Waals surface area (Å²) in [5, 5.41) is 6.57. The first-order valence-electron chi connectivity index (χ1n) is 8.80. The van der Waals surface area contributed by atoms with Gasteiger partial charge in [-0.1, -0.05) is 6.92 Å². The van der Waals surface area contributed by atoms with Gasteiger partial charge in [-0.25, -0.2) is 17.2 Å². The number of nitrogens with zero attached hydrogens (tertiary/aromatic N) is 2. The minimum atomic E-state index is -4.63. The van der Waals surface area contributed by atoms with Gasteiger partial charge in [0.15, 0.2) is 11.6 Å². The molecule has 1 atom stereocenters. The van der Waals surface area contributed by atoms with Crippen LogP contribution in [0.5, 0.6) is 0 Å². The fraction of sp³-hybridized carbons (Fsp3) is 0.211. The summed E-state index contributed by atoms with van der Waals surface area (Å²) in [7, 11) is -4.41. The largest absolute Gasteiger partial charge is 0.416 e. The molecule has 2 aromatic carbocycles. The van der Waals surface area contributed by atoms with E-state index in [0.717, 1.165) is 28.6 Å². The highest BCUT2D eigenvalue weighted by molar-refractivity contribution is 7.92. The van der Waals surface area contributed by atoms with Crippen LogP contribution in [0.3, 0.4) is 0 Å². The zero-order valence-corrected chi connectivity index (χ0v) is 16.2. The predicted molar refractivity (Wildman–Crippen MR) is 98.1 cm³/mol. The van der Waals surface area contributed by atoms with E-state index in [1.165, 1.54) is 6.20 Å². The van der Waals surface area contributed by atoms with Crippen molar-refractivity contribution in [3.63, 3.8) is 0 Å². The van der Waals surface area contributed by atoms with E-state index in [1.54, 1.807) is 6.92 Å². The van der Waals surface area contributed by atoms with Gasteiger partial charge < -0.3 is 0 Å². The normalized spacial score (nSPS) is 16.3. The van der Waals surface area contributed by atoms with Crippen molar-refractivity contribution in [3.8, 4) is 11.3 Å². The van der Waals surface area contributed by atoms with Crippen LogP contribution >= 0.6 is 0 Å². The van der Waals surface area contributed by atoms with Gasteiger partial charge in [0.2, 0.25) is 0 Å². The number of aromatic nitrogens is 2. The van der Waals surface area contributed by atoms with E-state index in [4.69, 9.17) is 0 Å². The quantitative estimate of drug-likeness (QED) is 0.578. The lowest BCUT2D eigenvalue weighted by molar-refractivity contribution is -0.137. The van der Waals surface area contributed by atoms with Crippen molar-refractivity contribution in [2.45, 2.75) is 30.5 Å². The fourth-order valence-electron chi connectivity index (χ4n) is 3.59. The Morgan fingerprint density at radius 3 is 2.33 bits per heavy atom. The van der Waals surface area contributed by atoms with Crippen LogP contribution in [0, 0.1) is 11.6 Å². The number of hydrogen-bond acceptors (Lipinski definition) is 3. The topological polar surface area (TPSA) is 66.1 Å². The molecule has 2 heterocycles. The van der Waals surface area contributed by atoms with E-state index < -0.39 is 44.3 Å². The monoisotopic (exact) mass is 443 g/mol. The Morgan fingerprint density at radius 1 is 1.10 bits per heavy atom. The average molecular weight is 443 g/mol. The molecular weight excluding hydrogens is 429 g/mol. The molecule has 0 bridgehead atoms. The Bertz CT molecular complexity index is 1220. The van der Waals surface area contributed by atoms with Gasteiger partial charge in [0, 0.05) is 17.2 Å². The molecule has 158 valence electrons. The molecule has 1 unspecified atom stereocenters. The van der Waals surface area contributed by atoms with E-state index >= 15 is 0 Å².